The normalized spacial score (nSPS) is 25.2. The predicted molar refractivity (Wildman–Crippen MR) is 112 cm³/mol. The lowest BCUT2D eigenvalue weighted by Gasteiger charge is -2.37. The Hall–Kier alpha value is -2.12. The molecule has 1 aromatic rings. The summed E-state index contributed by atoms with van der Waals surface area (Å²) < 4.78 is 0. The molecule has 2 fully saturated rings. The molecule has 0 spiro atoms. The van der Waals surface area contributed by atoms with Crippen molar-refractivity contribution in [1.29, 1.82) is 0 Å². The van der Waals surface area contributed by atoms with E-state index in [1.165, 1.54) is 11.1 Å². The van der Waals surface area contributed by atoms with Gasteiger partial charge in [-0.25, -0.2) is 4.79 Å². The number of fused-ring (bicyclic) bond motifs is 1. The average molecular weight is 401 g/mol. The molecular formula is C22H32N4O3. The lowest BCUT2D eigenvalue weighted by Crippen LogP contribution is -2.45. The number of nitrogens with one attached hydrogen (secondary N) is 1. The third-order valence-electron chi connectivity index (χ3n) is 6.80. The van der Waals surface area contributed by atoms with Crippen LogP contribution in [0.15, 0.2) is 18.2 Å². The van der Waals surface area contributed by atoms with Gasteiger partial charge in [-0.05, 0) is 81.9 Å². The zero-order valence-corrected chi connectivity index (χ0v) is 17.3. The van der Waals surface area contributed by atoms with Crippen LogP contribution < -0.4 is 10.2 Å². The second kappa shape index (κ2) is 8.71. The Balaban J connectivity index is 1.37. The summed E-state index contributed by atoms with van der Waals surface area (Å²) in [6.07, 6.45) is 5.86. The highest BCUT2D eigenvalue weighted by molar-refractivity contribution is 5.94. The van der Waals surface area contributed by atoms with Gasteiger partial charge in [0.2, 0.25) is 0 Å². The van der Waals surface area contributed by atoms with Crippen LogP contribution in [0.3, 0.4) is 0 Å². The number of benzene rings is 1. The summed E-state index contributed by atoms with van der Waals surface area (Å²) in [6.45, 7) is 3.62. The monoisotopic (exact) mass is 400 g/mol. The van der Waals surface area contributed by atoms with Gasteiger partial charge in [0.05, 0.1) is 6.54 Å². The number of aliphatic carboxylic acids is 1. The minimum absolute atomic E-state index is 0.0829. The molecule has 4 rings (SSSR count). The van der Waals surface area contributed by atoms with Gasteiger partial charge in [-0.3, -0.25) is 14.6 Å². The molecule has 2 N–H and O–H groups in total. The molecular weight excluding hydrogens is 368 g/mol. The fourth-order valence-corrected chi connectivity index (χ4v) is 5.11. The Labute approximate surface area is 172 Å². The van der Waals surface area contributed by atoms with E-state index in [1.54, 1.807) is 0 Å². The Bertz CT molecular complexity index is 760. The Morgan fingerprint density at radius 3 is 2.59 bits per heavy atom. The highest BCUT2D eigenvalue weighted by atomic mass is 16.4. The molecule has 7 heteroatoms. The first-order valence-corrected chi connectivity index (χ1v) is 10.9. The average Bonchev–Trinajstić information content (AvgIpc) is 2.94. The van der Waals surface area contributed by atoms with Gasteiger partial charge >= 0.3 is 12.0 Å². The molecule has 0 unspecified atom stereocenters. The van der Waals surface area contributed by atoms with Crippen molar-refractivity contribution in [3.05, 3.63) is 29.3 Å². The largest absolute Gasteiger partial charge is 0.480 e. The number of anilines is 1. The van der Waals surface area contributed by atoms with E-state index >= 15 is 0 Å². The van der Waals surface area contributed by atoms with Crippen LogP contribution >= 0.6 is 0 Å². The van der Waals surface area contributed by atoms with Gasteiger partial charge < -0.3 is 15.3 Å². The molecule has 0 aromatic heterocycles. The van der Waals surface area contributed by atoms with Crippen molar-refractivity contribution in [3.63, 3.8) is 0 Å². The van der Waals surface area contributed by atoms with E-state index in [1.807, 2.05) is 21.7 Å². The van der Waals surface area contributed by atoms with E-state index in [0.717, 1.165) is 70.4 Å². The minimum Gasteiger partial charge on any atom is -0.480 e. The molecule has 1 aromatic carbocycles. The van der Waals surface area contributed by atoms with E-state index < -0.39 is 5.97 Å². The summed E-state index contributed by atoms with van der Waals surface area (Å²) in [7, 11) is 1.88. The molecule has 1 saturated carbocycles. The lowest BCUT2D eigenvalue weighted by atomic mass is 9.89. The number of carboxylic acid groups (broad SMARTS) is 1. The number of carboxylic acids is 1. The maximum absolute atomic E-state index is 13.2. The number of carbonyl (C=O) groups is 2. The molecule has 1 aliphatic carbocycles. The van der Waals surface area contributed by atoms with Gasteiger partial charge in [0.25, 0.3) is 0 Å². The predicted octanol–water partition coefficient (Wildman–Crippen LogP) is 1.94. The zero-order valence-electron chi connectivity index (χ0n) is 17.3. The van der Waals surface area contributed by atoms with Crippen molar-refractivity contribution in [2.24, 2.45) is 0 Å². The van der Waals surface area contributed by atoms with Crippen LogP contribution in [0.4, 0.5) is 10.5 Å². The molecule has 0 atom stereocenters. The highest BCUT2D eigenvalue weighted by Crippen LogP contribution is 2.31. The molecule has 1 saturated heterocycles. The fraction of sp³-hybridized carbons (Fsp3) is 0.636. The van der Waals surface area contributed by atoms with Gasteiger partial charge in [0.15, 0.2) is 0 Å². The number of hydrogen-bond acceptors (Lipinski definition) is 4. The minimum atomic E-state index is -0.781. The Kier molecular flexibility index (Phi) is 6.06. The van der Waals surface area contributed by atoms with Crippen LogP contribution in [0.25, 0.3) is 0 Å². The molecule has 2 heterocycles. The lowest BCUT2D eigenvalue weighted by molar-refractivity contribution is -0.138. The van der Waals surface area contributed by atoms with Crippen molar-refractivity contribution in [1.82, 2.24) is 15.1 Å². The third-order valence-corrected chi connectivity index (χ3v) is 6.80. The van der Waals surface area contributed by atoms with Crippen molar-refractivity contribution in [3.8, 4) is 0 Å². The second-order valence-corrected chi connectivity index (χ2v) is 8.60. The standard InChI is InChI=1S/C22H32N4O3/c1-24(15-21(27)28)18-4-6-19(7-5-18)25-12-13-26(22(25)29)20-3-2-16-8-10-23-11-9-17(16)14-20/h2-3,14,18-19,23H,4-13,15H2,1H3,(H,27,28). The smallest absolute Gasteiger partial charge is 0.324 e. The maximum Gasteiger partial charge on any atom is 0.324 e. The molecule has 7 nitrogen and oxygen atoms in total. The van der Waals surface area contributed by atoms with Crippen LogP contribution in [0.5, 0.6) is 0 Å². The maximum atomic E-state index is 13.2. The van der Waals surface area contributed by atoms with Crippen LogP contribution in [-0.4, -0.2) is 78.8 Å². The summed E-state index contributed by atoms with van der Waals surface area (Å²) in [6, 6.07) is 7.20. The number of carbonyl (C=O) groups excluding carboxylic acids is 1. The topological polar surface area (TPSA) is 76.1 Å². The first-order chi connectivity index (χ1) is 14.0. The van der Waals surface area contributed by atoms with Crippen molar-refractivity contribution in [2.75, 3.05) is 44.7 Å². The van der Waals surface area contributed by atoms with E-state index in [4.69, 9.17) is 5.11 Å². The number of rotatable bonds is 5. The SMILES string of the molecule is CN(CC(=O)O)C1CCC(N2CCN(c3ccc4c(c3)CCNCC4)C2=O)CC1. The van der Waals surface area contributed by atoms with E-state index in [0.29, 0.717) is 6.04 Å². The summed E-state index contributed by atoms with van der Waals surface area (Å²) in [5.74, 6) is -0.781. The summed E-state index contributed by atoms with van der Waals surface area (Å²) in [5.41, 5.74) is 3.78. The van der Waals surface area contributed by atoms with Gasteiger partial charge in [0.1, 0.15) is 0 Å². The number of urea groups is 1. The van der Waals surface area contributed by atoms with Gasteiger partial charge in [0, 0.05) is 30.9 Å². The van der Waals surface area contributed by atoms with Crippen LogP contribution in [-0.2, 0) is 17.6 Å². The molecule has 0 radical (unpaired) electrons. The molecule has 0 bridgehead atoms. The zero-order chi connectivity index (χ0) is 20.4. The van der Waals surface area contributed by atoms with Crippen LogP contribution in [0.2, 0.25) is 0 Å². The third kappa shape index (κ3) is 4.41. The quantitative estimate of drug-likeness (QED) is 0.790. The van der Waals surface area contributed by atoms with Gasteiger partial charge in [-0.15, -0.1) is 0 Å². The van der Waals surface area contributed by atoms with Crippen molar-refractivity contribution >= 4 is 17.7 Å². The van der Waals surface area contributed by atoms with Crippen LogP contribution in [0, 0.1) is 0 Å². The second-order valence-electron chi connectivity index (χ2n) is 8.60. The first kappa shape index (κ1) is 20.2. The Morgan fingerprint density at radius 1 is 1.14 bits per heavy atom. The summed E-state index contributed by atoms with van der Waals surface area (Å²) >= 11 is 0. The van der Waals surface area contributed by atoms with E-state index in [-0.39, 0.29) is 18.6 Å². The number of amides is 2. The Morgan fingerprint density at radius 2 is 1.86 bits per heavy atom. The molecule has 3 aliphatic rings. The number of likely N-dealkylation sites (N-methyl/N-ethyl adjacent to an activating group) is 1. The van der Waals surface area contributed by atoms with Crippen molar-refractivity contribution in [2.45, 2.75) is 50.6 Å². The van der Waals surface area contributed by atoms with Gasteiger partial charge in [-0.2, -0.15) is 0 Å². The first-order valence-electron chi connectivity index (χ1n) is 10.9. The highest BCUT2D eigenvalue weighted by Gasteiger charge is 2.37. The van der Waals surface area contributed by atoms with Crippen molar-refractivity contribution < 1.29 is 14.7 Å². The molecule has 2 aliphatic heterocycles. The molecule has 29 heavy (non-hydrogen) atoms. The number of hydrogen-bond donors (Lipinski definition) is 2. The fourth-order valence-electron chi connectivity index (χ4n) is 5.11. The summed E-state index contributed by atoms with van der Waals surface area (Å²) in [5, 5.41) is 12.4. The van der Waals surface area contributed by atoms with E-state index in [9.17, 15) is 9.59 Å². The van der Waals surface area contributed by atoms with E-state index in [2.05, 4.69) is 23.5 Å². The van der Waals surface area contributed by atoms with Gasteiger partial charge in [-0.1, -0.05) is 6.07 Å². The molecule has 2 amide bonds. The van der Waals surface area contributed by atoms with Crippen LogP contribution in [0.1, 0.15) is 36.8 Å². The number of nitrogens with zero attached hydrogens (tertiary/aromatic N) is 3. The summed E-state index contributed by atoms with van der Waals surface area (Å²) in [4.78, 5) is 30.0. The molecule has 158 valence electrons.